The third kappa shape index (κ3) is 6.62. The van der Waals surface area contributed by atoms with Crippen molar-refractivity contribution in [3.63, 3.8) is 0 Å². The van der Waals surface area contributed by atoms with Gasteiger partial charge >= 0.3 is 5.97 Å². The molecule has 0 aliphatic heterocycles. The van der Waals surface area contributed by atoms with E-state index in [0.717, 1.165) is 31.2 Å². The molecule has 0 saturated heterocycles. The number of ether oxygens (including phenoxy) is 3. The van der Waals surface area contributed by atoms with Crippen molar-refractivity contribution in [3.05, 3.63) is 29.8 Å². The van der Waals surface area contributed by atoms with E-state index in [0.29, 0.717) is 11.5 Å². The second kappa shape index (κ2) is 10.6. The number of esters is 1. The number of benzene rings is 1. The molecule has 0 heterocycles. The molecule has 6 nitrogen and oxygen atoms in total. The summed E-state index contributed by atoms with van der Waals surface area (Å²) in [7, 11) is 1.54. The van der Waals surface area contributed by atoms with E-state index in [2.05, 4.69) is 5.32 Å². The van der Waals surface area contributed by atoms with E-state index >= 15 is 0 Å². The summed E-state index contributed by atoms with van der Waals surface area (Å²) in [4.78, 5) is 24.2. The smallest absolute Gasteiger partial charge is 0.344 e. The molecule has 1 fully saturated rings. The number of allylic oxidation sites excluding steroid dienone is 1. The summed E-state index contributed by atoms with van der Waals surface area (Å²) in [5, 5.41) is 2.95. The van der Waals surface area contributed by atoms with Crippen LogP contribution in [0.3, 0.4) is 0 Å². The Labute approximate surface area is 160 Å². The lowest BCUT2D eigenvalue weighted by atomic mass is 9.95. The van der Waals surface area contributed by atoms with Crippen molar-refractivity contribution in [1.29, 1.82) is 0 Å². The summed E-state index contributed by atoms with van der Waals surface area (Å²) in [5.41, 5.74) is 0.970. The van der Waals surface area contributed by atoms with E-state index in [1.165, 1.54) is 13.5 Å². The molecule has 0 aromatic heterocycles. The zero-order valence-electron chi connectivity index (χ0n) is 16.3. The van der Waals surface area contributed by atoms with Crippen molar-refractivity contribution < 1.29 is 23.8 Å². The molecule has 1 amide bonds. The molecule has 1 unspecified atom stereocenters. The van der Waals surface area contributed by atoms with E-state index in [1.807, 2.05) is 31.2 Å². The van der Waals surface area contributed by atoms with E-state index in [1.54, 1.807) is 13.0 Å². The monoisotopic (exact) mass is 375 g/mol. The average molecular weight is 375 g/mol. The fraction of sp³-hybridized carbons (Fsp3) is 0.524. The summed E-state index contributed by atoms with van der Waals surface area (Å²) >= 11 is 0. The number of nitrogens with one attached hydrogen (secondary N) is 1. The van der Waals surface area contributed by atoms with Crippen LogP contribution in [-0.2, 0) is 14.3 Å². The van der Waals surface area contributed by atoms with Gasteiger partial charge in [0.2, 0.25) is 0 Å². The van der Waals surface area contributed by atoms with Crippen LogP contribution in [-0.4, -0.2) is 37.7 Å². The van der Waals surface area contributed by atoms with Gasteiger partial charge in [0.1, 0.15) is 0 Å². The first-order valence-electron chi connectivity index (χ1n) is 9.47. The van der Waals surface area contributed by atoms with Crippen molar-refractivity contribution in [3.8, 4) is 11.5 Å². The molecule has 148 valence electrons. The number of rotatable bonds is 8. The highest BCUT2D eigenvalue weighted by Crippen LogP contribution is 2.28. The summed E-state index contributed by atoms with van der Waals surface area (Å²) in [6.07, 6.45) is 8.45. The lowest BCUT2D eigenvalue weighted by molar-refractivity contribution is -0.156. The van der Waals surface area contributed by atoms with E-state index < -0.39 is 12.1 Å². The van der Waals surface area contributed by atoms with Crippen molar-refractivity contribution in [1.82, 2.24) is 5.32 Å². The summed E-state index contributed by atoms with van der Waals surface area (Å²) in [6.45, 7) is 3.21. The van der Waals surface area contributed by atoms with Crippen LogP contribution in [0.1, 0.15) is 51.5 Å². The first-order chi connectivity index (χ1) is 13.0. The minimum Gasteiger partial charge on any atom is -0.493 e. The van der Waals surface area contributed by atoms with Crippen molar-refractivity contribution >= 4 is 18.0 Å². The molecule has 1 saturated carbocycles. The Kier molecular flexibility index (Phi) is 8.17. The second-order valence-electron chi connectivity index (χ2n) is 6.67. The Bertz CT molecular complexity index is 665. The molecular formula is C21H29NO5. The highest BCUT2D eigenvalue weighted by molar-refractivity contribution is 5.83. The predicted molar refractivity (Wildman–Crippen MR) is 104 cm³/mol. The molecule has 1 N–H and O–H groups in total. The fourth-order valence-electron chi connectivity index (χ4n) is 3.09. The van der Waals surface area contributed by atoms with Crippen molar-refractivity contribution in [2.75, 3.05) is 13.7 Å². The lowest BCUT2D eigenvalue weighted by Gasteiger charge is -2.24. The molecule has 0 bridgehead atoms. The average Bonchev–Trinajstić information content (AvgIpc) is 2.67. The number of methoxy groups -OCH3 is 1. The quantitative estimate of drug-likeness (QED) is 0.704. The first kappa shape index (κ1) is 20.8. The van der Waals surface area contributed by atoms with Gasteiger partial charge in [-0.3, -0.25) is 4.79 Å². The minimum absolute atomic E-state index is 0.184. The Balaban J connectivity index is 1.82. The zero-order chi connectivity index (χ0) is 19.6. The molecule has 0 radical (unpaired) electrons. The number of hydrogen-bond donors (Lipinski definition) is 1. The van der Waals surface area contributed by atoms with Crippen LogP contribution >= 0.6 is 0 Å². The van der Waals surface area contributed by atoms with E-state index in [4.69, 9.17) is 14.2 Å². The van der Waals surface area contributed by atoms with Gasteiger partial charge in [0.05, 0.1) is 7.11 Å². The zero-order valence-corrected chi connectivity index (χ0v) is 16.3. The normalized spacial score (nSPS) is 16.0. The summed E-state index contributed by atoms with van der Waals surface area (Å²) in [6, 6.07) is 5.61. The second-order valence-corrected chi connectivity index (χ2v) is 6.67. The van der Waals surface area contributed by atoms with Gasteiger partial charge in [-0.2, -0.15) is 0 Å². The largest absolute Gasteiger partial charge is 0.493 e. The minimum atomic E-state index is -0.845. The molecule has 1 aliphatic rings. The third-order valence-corrected chi connectivity index (χ3v) is 4.52. The molecule has 1 aliphatic carbocycles. The molecule has 27 heavy (non-hydrogen) atoms. The molecule has 1 atom stereocenters. The standard InChI is InChI=1S/C21H29NO5/c1-4-8-16-11-12-18(19(13-16)25-3)26-14-20(23)27-15(2)21(24)22-17-9-6-5-7-10-17/h4,8,11-13,15,17H,5-7,9-10,14H2,1-3H3,(H,22,24)/b8-4+. The SMILES string of the molecule is C/C=C/c1ccc(OCC(=O)OC(C)C(=O)NC2CCCCC2)c(OC)c1. The Morgan fingerprint density at radius 1 is 1.22 bits per heavy atom. The molecule has 1 aromatic rings. The molecule has 2 rings (SSSR count). The third-order valence-electron chi connectivity index (χ3n) is 4.52. The Hall–Kier alpha value is -2.50. The highest BCUT2D eigenvalue weighted by atomic mass is 16.6. The lowest BCUT2D eigenvalue weighted by Crippen LogP contribution is -2.43. The number of carbonyl (C=O) groups excluding carboxylic acids is 2. The van der Waals surface area contributed by atoms with Gasteiger partial charge in [0, 0.05) is 6.04 Å². The van der Waals surface area contributed by atoms with Gasteiger partial charge in [-0.15, -0.1) is 0 Å². The summed E-state index contributed by atoms with van der Waals surface area (Å²) in [5.74, 6) is 0.118. The van der Waals surface area contributed by atoms with Gasteiger partial charge in [-0.25, -0.2) is 4.79 Å². The van der Waals surface area contributed by atoms with Crippen molar-refractivity contribution in [2.45, 2.75) is 58.1 Å². The van der Waals surface area contributed by atoms with Crippen LogP contribution in [0.5, 0.6) is 11.5 Å². The van der Waals surface area contributed by atoms with Gasteiger partial charge in [-0.05, 0) is 44.4 Å². The number of amides is 1. The van der Waals surface area contributed by atoms with Gasteiger partial charge in [0.15, 0.2) is 24.2 Å². The van der Waals surface area contributed by atoms with Crippen molar-refractivity contribution in [2.24, 2.45) is 0 Å². The van der Waals surface area contributed by atoms with Gasteiger partial charge < -0.3 is 19.5 Å². The van der Waals surface area contributed by atoms with Crippen LogP contribution in [0.15, 0.2) is 24.3 Å². The van der Waals surface area contributed by atoms with Crippen LogP contribution in [0.4, 0.5) is 0 Å². The van der Waals surface area contributed by atoms with Gasteiger partial charge in [0.25, 0.3) is 5.91 Å². The molecular weight excluding hydrogens is 346 g/mol. The number of hydrogen-bond acceptors (Lipinski definition) is 5. The Morgan fingerprint density at radius 3 is 2.63 bits per heavy atom. The first-order valence-corrected chi connectivity index (χ1v) is 9.47. The highest BCUT2D eigenvalue weighted by Gasteiger charge is 2.22. The van der Waals surface area contributed by atoms with E-state index in [-0.39, 0.29) is 18.6 Å². The Morgan fingerprint density at radius 2 is 1.96 bits per heavy atom. The predicted octanol–water partition coefficient (Wildman–Crippen LogP) is 3.49. The van der Waals surface area contributed by atoms with Crippen LogP contribution < -0.4 is 14.8 Å². The van der Waals surface area contributed by atoms with Gasteiger partial charge in [-0.1, -0.05) is 37.5 Å². The van der Waals surface area contributed by atoms with Crippen LogP contribution in [0.25, 0.3) is 6.08 Å². The molecule has 6 heteroatoms. The van der Waals surface area contributed by atoms with Crippen LogP contribution in [0, 0.1) is 0 Å². The maximum Gasteiger partial charge on any atom is 0.344 e. The molecule has 1 aromatic carbocycles. The maximum absolute atomic E-state index is 12.2. The van der Waals surface area contributed by atoms with Crippen LogP contribution in [0.2, 0.25) is 0 Å². The van der Waals surface area contributed by atoms with E-state index in [9.17, 15) is 9.59 Å². The fourth-order valence-corrected chi connectivity index (χ4v) is 3.09. The molecule has 0 spiro atoms. The topological polar surface area (TPSA) is 73.9 Å². The number of carbonyl (C=O) groups is 2. The maximum atomic E-state index is 12.2. The summed E-state index contributed by atoms with van der Waals surface area (Å²) < 4.78 is 16.0.